The van der Waals surface area contributed by atoms with E-state index in [0.29, 0.717) is 49.6 Å². The molecule has 188 valence electrons. The van der Waals surface area contributed by atoms with Crippen LogP contribution in [0.3, 0.4) is 0 Å². The lowest BCUT2D eigenvalue weighted by atomic mass is 10.0. The van der Waals surface area contributed by atoms with Gasteiger partial charge in [-0.2, -0.15) is 0 Å². The van der Waals surface area contributed by atoms with Crippen LogP contribution in [0, 0.1) is 5.92 Å². The second-order valence-electron chi connectivity index (χ2n) is 8.08. The quantitative estimate of drug-likeness (QED) is 0.0965. The molecule has 0 heterocycles. The highest BCUT2D eigenvalue weighted by atomic mass is 79.9. The van der Waals surface area contributed by atoms with Crippen molar-refractivity contribution in [3.05, 3.63) is 12.2 Å². The number of alkyl halides is 1. The summed E-state index contributed by atoms with van der Waals surface area (Å²) in [6, 6.07) is -2.14. The van der Waals surface area contributed by atoms with Crippen LogP contribution in [-0.4, -0.2) is 60.2 Å². The standard InChI is InChI=1S/C22H37BrN4O6/c1-14(2)19(20(30)26-17(16(4)28)9-8-11-25-22(24)32)27-18(29)10-6-5-7-12-33-21(31)15(3)13-23/h14,17,19H,3,5-13H2,1-2,4H3,(H,26,30)(H,27,29)(H3,24,25,32)/t17-,19-/m0/s1. The summed E-state index contributed by atoms with van der Waals surface area (Å²) >= 11 is 3.14. The van der Waals surface area contributed by atoms with Gasteiger partial charge in [0.2, 0.25) is 11.8 Å². The number of rotatable bonds is 17. The number of unbranched alkanes of at least 4 members (excludes halogenated alkanes) is 2. The molecule has 4 amide bonds. The van der Waals surface area contributed by atoms with E-state index in [1.54, 1.807) is 13.8 Å². The Balaban J connectivity index is 4.46. The molecule has 0 aliphatic carbocycles. The molecular weight excluding hydrogens is 496 g/mol. The van der Waals surface area contributed by atoms with E-state index in [1.807, 2.05) is 0 Å². The van der Waals surface area contributed by atoms with E-state index in [0.717, 1.165) is 0 Å². The monoisotopic (exact) mass is 532 g/mol. The number of primary amides is 1. The van der Waals surface area contributed by atoms with Crippen LogP contribution in [0.25, 0.3) is 0 Å². The second kappa shape index (κ2) is 17.1. The van der Waals surface area contributed by atoms with Gasteiger partial charge in [-0.15, -0.1) is 0 Å². The Morgan fingerprint density at radius 3 is 2.24 bits per heavy atom. The van der Waals surface area contributed by atoms with Gasteiger partial charge >= 0.3 is 12.0 Å². The van der Waals surface area contributed by atoms with Gasteiger partial charge in [-0.05, 0) is 44.9 Å². The number of ketones is 1. The maximum absolute atomic E-state index is 12.7. The molecule has 0 aliphatic rings. The van der Waals surface area contributed by atoms with Gasteiger partial charge < -0.3 is 26.4 Å². The Morgan fingerprint density at radius 2 is 1.70 bits per heavy atom. The van der Waals surface area contributed by atoms with E-state index < -0.39 is 30.0 Å². The van der Waals surface area contributed by atoms with E-state index in [1.165, 1.54) is 6.92 Å². The van der Waals surface area contributed by atoms with Crippen molar-refractivity contribution in [2.45, 2.75) is 71.4 Å². The number of hydrogen-bond acceptors (Lipinski definition) is 6. The number of nitrogens with two attached hydrogens (primary N) is 1. The molecule has 0 aliphatic heterocycles. The lowest BCUT2D eigenvalue weighted by Gasteiger charge is -2.24. The maximum atomic E-state index is 12.7. The molecule has 0 aromatic carbocycles. The van der Waals surface area contributed by atoms with Gasteiger partial charge in [-0.3, -0.25) is 14.4 Å². The molecule has 5 N–H and O–H groups in total. The number of halogens is 1. The molecule has 0 aromatic rings. The van der Waals surface area contributed by atoms with Crippen LogP contribution in [0.2, 0.25) is 0 Å². The van der Waals surface area contributed by atoms with Gasteiger partial charge in [0.15, 0.2) is 5.78 Å². The summed E-state index contributed by atoms with van der Waals surface area (Å²) in [6.07, 6.45) is 2.92. The molecule has 10 nitrogen and oxygen atoms in total. The minimum absolute atomic E-state index is 0.181. The first-order chi connectivity index (χ1) is 15.5. The second-order valence-corrected chi connectivity index (χ2v) is 8.64. The summed E-state index contributed by atoms with van der Waals surface area (Å²) in [5.41, 5.74) is 5.35. The highest BCUT2D eigenvalue weighted by molar-refractivity contribution is 9.09. The average Bonchev–Trinajstić information content (AvgIpc) is 2.74. The topological polar surface area (TPSA) is 157 Å². The Morgan fingerprint density at radius 1 is 1.03 bits per heavy atom. The largest absolute Gasteiger partial charge is 0.462 e. The molecule has 0 radical (unpaired) electrons. The highest BCUT2D eigenvalue weighted by Crippen LogP contribution is 2.08. The molecule has 0 aromatic heterocycles. The van der Waals surface area contributed by atoms with Crippen LogP contribution in [0.15, 0.2) is 12.2 Å². The third-order valence-corrected chi connectivity index (χ3v) is 5.45. The van der Waals surface area contributed by atoms with Crippen molar-refractivity contribution in [2.75, 3.05) is 18.5 Å². The van der Waals surface area contributed by atoms with Crippen molar-refractivity contribution in [1.82, 2.24) is 16.0 Å². The van der Waals surface area contributed by atoms with Crippen molar-refractivity contribution in [1.29, 1.82) is 0 Å². The molecular formula is C22H37BrN4O6. The summed E-state index contributed by atoms with van der Waals surface area (Å²) in [6.45, 7) is 9.11. The Kier molecular flexibility index (Phi) is 15.8. The van der Waals surface area contributed by atoms with Gasteiger partial charge in [0.25, 0.3) is 0 Å². The van der Waals surface area contributed by atoms with Gasteiger partial charge in [-0.1, -0.05) is 36.4 Å². The van der Waals surface area contributed by atoms with Crippen molar-refractivity contribution in [2.24, 2.45) is 11.7 Å². The number of carbonyl (C=O) groups is 5. The van der Waals surface area contributed by atoms with E-state index in [-0.39, 0.29) is 30.6 Å². The first kappa shape index (κ1) is 30.6. The number of ether oxygens (including phenoxy) is 1. The van der Waals surface area contributed by atoms with Crippen LogP contribution in [0.4, 0.5) is 4.79 Å². The van der Waals surface area contributed by atoms with Gasteiger partial charge in [0.1, 0.15) is 6.04 Å². The zero-order chi connectivity index (χ0) is 25.4. The number of nitrogens with one attached hydrogen (secondary N) is 3. The SMILES string of the molecule is C=C(CBr)C(=O)OCCCCCC(=O)N[C@H](C(=O)N[C@@H](CCCNC(N)=O)C(C)=O)C(C)C. The average molecular weight is 533 g/mol. The molecule has 0 fully saturated rings. The summed E-state index contributed by atoms with van der Waals surface area (Å²) in [7, 11) is 0. The lowest BCUT2D eigenvalue weighted by Crippen LogP contribution is -2.53. The number of urea groups is 1. The molecule has 0 spiro atoms. The predicted octanol–water partition coefficient (Wildman–Crippen LogP) is 1.70. The van der Waals surface area contributed by atoms with E-state index >= 15 is 0 Å². The first-order valence-electron chi connectivity index (χ1n) is 11.0. The third-order valence-electron chi connectivity index (χ3n) is 4.77. The predicted molar refractivity (Wildman–Crippen MR) is 129 cm³/mol. The fourth-order valence-electron chi connectivity index (χ4n) is 2.82. The maximum Gasteiger partial charge on any atom is 0.334 e. The van der Waals surface area contributed by atoms with Crippen LogP contribution in [0.5, 0.6) is 0 Å². The molecule has 11 heteroatoms. The molecule has 0 unspecified atom stereocenters. The zero-order valence-electron chi connectivity index (χ0n) is 19.7. The first-order valence-corrected chi connectivity index (χ1v) is 12.2. The summed E-state index contributed by atoms with van der Waals surface area (Å²) in [4.78, 5) is 59.1. The Bertz CT molecular complexity index is 698. The van der Waals surface area contributed by atoms with Gasteiger partial charge in [0, 0.05) is 23.9 Å². The number of amides is 4. The summed E-state index contributed by atoms with van der Waals surface area (Å²) in [5, 5.41) is 8.22. The molecule has 33 heavy (non-hydrogen) atoms. The van der Waals surface area contributed by atoms with Crippen molar-refractivity contribution in [3.8, 4) is 0 Å². The number of carbonyl (C=O) groups excluding carboxylic acids is 5. The zero-order valence-corrected chi connectivity index (χ0v) is 21.3. The minimum atomic E-state index is -0.778. The molecule has 0 saturated heterocycles. The minimum Gasteiger partial charge on any atom is -0.462 e. The number of esters is 1. The van der Waals surface area contributed by atoms with Crippen LogP contribution in [0.1, 0.15) is 59.3 Å². The highest BCUT2D eigenvalue weighted by Gasteiger charge is 2.27. The normalized spacial score (nSPS) is 12.4. The van der Waals surface area contributed by atoms with Crippen LogP contribution in [-0.2, 0) is 23.9 Å². The van der Waals surface area contributed by atoms with E-state index in [4.69, 9.17) is 10.5 Å². The summed E-state index contributed by atoms with van der Waals surface area (Å²) in [5.74, 6) is -1.53. The van der Waals surface area contributed by atoms with Crippen LogP contribution < -0.4 is 21.7 Å². The van der Waals surface area contributed by atoms with E-state index in [2.05, 4.69) is 38.5 Å². The summed E-state index contributed by atoms with van der Waals surface area (Å²) < 4.78 is 5.06. The third kappa shape index (κ3) is 14.4. The lowest BCUT2D eigenvalue weighted by molar-refractivity contribution is -0.139. The Hall–Kier alpha value is -2.43. The Labute approximate surface area is 203 Å². The molecule has 0 saturated carbocycles. The fraction of sp³-hybridized carbons (Fsp3) is 0.682. The van der Waals surface area contributed by atoms with E-state index in [9.17, 15) is 24.0 Å². The smallest absolute Gasteiger partial charge is 0.334 e. The van der Waals surface area contributed by atoms with Crippen molar-refractivity contribution in [3.63, 3.8) is 0 Å². The molecule has 2 atom stereocenters. The number of hydrogen-bond donors (Lipinski definition) is 4. The van der Waals surface area contributed by atoms with Gasteiger partial charge in [-0.25, -0.2) is 9.59 Å². The van der Waals surface area contributed by atoms with Gasteiger partial charge in [0.05, 0.1) is 12.6 Å². The van der Waals surface area contributed by atoms with Crippen LogP contribution >= 0.6 is 15.9 Å². The molecule has 0 bridgehead atoms. The molecule has 0 rings (SSSR count). The number of Topliss-reactive ketones (excluding diaryl/α,β-unsaturated/α-hetero) is 1. The fourth-order valence-corrected chi connectivity index (χ4v) is 3.05. The van der Waals surface area contributed by atoms with Crippen molar-refractivity contribution < 1.29 is 28.7 Å². The van der Waals surface area contributed by atoms with Crippen molar-refractivity contribution >= 4 is 45.5 Å².